The van der Waals surface area contributed by atoms with Gasteiger partial charge in [0, 0.05) is 23.9 Å². The fourth-order valence-electron chi connectivity index (χ4n) is 3.46. The smallest absolute Gasteiger partial charge is 0.285 e. The van der Waals surface area contributed by atoms with E-state index in [1.807, 2.05) is 30.3 Å². The van der Waals surface area contributed by atoms with Gasteiger partial charge in [0.15, 0.2) is 0 Å². The van der Waals surface area contributed by atoms with E-state index < -0.39 is 10.5 Å². The van der Waals surface area contributed by atoms with Crippen molar-refractivity contribution in [2.24, 2.45) is 0 Å². The standard InChI is InChI=1S/C19H21N3O4/c23-18-12-11-17(22(25)26)13-20(18)14-19(24)21(15-7-3-1-4-8-15)16-9-5-2-6-10-16/h1,3-4,7-8,11-13,16H,2,5-6,9-10,14H2. The number of anilines is 1. The van der Waals surface area contributed by atoms with Gasteiger partial charge >= 0.3 is 0 Å². The average Bonchev–Trinajstić information content (AvgIpc) is 2.65. The van der Waals surface area contributed by atoms with Gasteiger partial charge in [0.25, 0.3) is 11.2 Å². The molecule has 1 aromatic carbocycles. The summed E-state index contributed by atoms with van der Waals surface area (Å²) < 4.78 is 1.11. The summed E-state index contributed by atoms with van der Waals surface area (Å²) in [5.74, 6) is -0.231. The summed E-state index contributed by atoms with van der Waals surface area (Å²) in [5, 5.41) is 10.9. The van der Waals surface area contributed by atoms with E-state index in [1.165, 1.54) is 0 Å². The molecule has 1 aliphatic carbocycles. The van der Waals surface area contributed by atoms with Gasteiger partial charge in [-0.05, 0) is 25.0 Å². The molecule has 1 saturated carbocycles. The zero-order valence-electron chi connectivity index (χ0n) is 14.4. The maximum absolute atomic E-state index is 13.0. The van der Waals surface area contributed by atoms with Crippen molar-refractivity contribution in [1.29, 1.82) is 0 Å². The summed E-state index contributed by atoms with van der Waals surface area (Å²) in [6, 6.07) is 11.8. The van der Waals surface area contributed by atoms with Crippen LogP contribution in [0.5, 0.6) is 0 Å². The number of carbonyl (C=O) groups excluding carboxylic acids is 1. The molecule has 0 atom stereocenters. The average molecular weight is 355 g/mol. The Labute approximate surface area is 151 Å². The SMILES string of the molecule is O=C(Cn1cc([N+](=O)[O-])ccc1=O)N(c1ccccc1)C1CCCCC1. The molecule has 0 saturated heterocycles. The van der Waals surface area contributed by atoms with Gasteiger partial charge in [-0.2, -0.15) is 0 Å². The number of nitro groups is 1. The quantitative estimate of drug-likeness (QED) is 0.609. The minimum absolute atomic E-state index is 0.0908. The molecule has 7 heteroatoms. The molecule has 0 spiro atoms. The van der Waals surface area contributed by atoms with Crippen molar-refractivity contribution in [2.45, 2.75) is 44.7 Å². The van der Waals surface area contributed by atoms with Gasteiger partial charge < -0.3 is 4.90 Å². The van der Waals surface area contributed by atoms with Crippen molar-refractivity contribution < 1.29 is 9.72 Å². The molecule has 1 heterocycles. The Hall–Kier alpha value is -2.96. The van der Waals surface area contributed by atoms with Crippen molar-refractivity contribution in [1.82, 2.24) is 4.57 Å². The lowest BCUT2D eigenvalue weighted by Gasteiger charge is -2.34. The van der Waals surface area contributed by atoms with E-state index >= 15 is 0 Å². The van der Waals surface area contributed by atoms with Crippen LogP contribution in [0.3, 0.4) is 0 Å². The van der Waals surface area contributed by atoms with Crippen LogP contribution in [-0.4, -0.2) is 21.4 Å². The lowest BCUT2D eigenvalue weighted by Crippen LogP contribution is -2.44. The highest BCUT2D eigenvalue weighted by atomic mass is 16.6. The van der Waals surface area contributed by atoms with Crippen LogP contribution < -0.4 is 10.5 Å². The molecule has 1 amide bonds. The fourth-order valence-corrected chi connectivity index (χ4v) is 3.46. The van der Waals surface area contributed by atoms with Crippen LogP contribution in [0.25, 0.3) is 0 Å². The number of para-hydroxylation sites is 1. The molecule has 0 aliphatic heterocycles. The first-order chi connectivity index (χ1) is 12.6. The summed E-state index contributed by atoms with van der Waals surface area (Å²) in [5.41, 5.74) is 0.157. The second-order valence-electron chi connectivity index (χ2n) is 6.50. The minimum Gasteiger partial charge on any atom is -0.308 e. The summed E-state index contributed by atoms with van der Waals surface area (Å²) >= 11 is 0. The minimum atomic E-state index is -0.573. The van der Waals surface area contributed by atoms with E-state index in [0.29, 0.717) is 0 Å². The number of hydrogen-bond acceptors (Lipinski definition) is 4. The summed E-state index contributed by atoms with van der Waals surface area (Å²) in [4.78, 5) is 37.2. The Morgan fingerprint density at radius 1 is 1.12 bits per heavy atom. The largest absolute Gasteiger partial charge is 0.308 e. The normalized spacial score (nSPS) is 14.8. The zero-order chi connectivity index (χ0) is 18.5. The van der Waals surface area contributed by atoms with Crippen LogP contribution in [0.2, 0.25) is 0 Å². The highest BCUT2D eigenvalue weighted by Gasteiger charge is 2.27. The van der Waals surface area contributed by atoms with Gasteiger partial charge in [-0.3, -0.25) is 24.3 Å². The second kappa shape index (κ2) is 7.95. The third-order valence-electron chi connectivity index (χ3n) is 4.73. The van der Waals surface area contributed by atoms with Gasteiger partial charge in [0.2, 0.25) is 5.91 Å². The predicted octanol–water partition coefficient (Wildman–Crippen LogP) is 3.12. The van der Waals surface area contributed by atoms with E-state index in [4.69, 9.17) is 0 Å². The Kier molecular flexibility index (Phi) is 5.46. The van der Waals surface area contributed by atoms with Crippen molar-refractivity contribution in [2.75, 3.05) is 4.90 Å². The predicted molar refractivity (Wildman–Crippen MR) is 98.2 cm³/mol. The highest BCUT2D eigenvalue weighted by Crippen LogP contribution is 2.27. The van der Waals surface area contributed by atoms with E-state index in [9.17, 15) is 19.7 Å². The number of rotatable bonds is 5. The van der Waals surface area contributed by atoms with Gasteiger partial charge in [-0.15, -0.1) is 0 Å². The van der Waals surface area contributed by atoms with Crippen LogP contribution in [0, 0.1) is 10.1 Å². The van der Waals surface area contributed by atoms with Gasteiger partial charge in [-0.25, -0.2) is 0 Å². The second-order valence-corrected chi connectivity index (χ2v) is 6.50. The summed E-state index contributed by atoms with van der Waals surface area (Å²) in [7, 11) is 0. The number of carbonyl (C=O) groups is 1. The fraction of sp³-hybridized carbons (Fsp3) is 0.368. The first-order valence-electron chi connectivity index (χ1n) is 8.78. The van der Waals surface area contributed by atoms with Gasteiger partial charge in [-0.1, -0.05) is 37.5 Å². The number of pyridine rings is 1. The lowest BCUT2D eigenvalue weighted by molar-refractivity contribution is -0.385. The van der Waals surface area contributed by atoms with Crippen molar-refractivity contribution in [3.8, 4) is 0 Å². The molecular weight excluding hydrogens is 334 g/mol. The first kappa shape index (κ1) is 17.8. The molecule has 0 N–H and O–H groups in total. The number of aromatic nitrogens is 1. The molecule has 1 aliphatic rings. The Bertz CT molecular complexity index is 841. The van der Waals surface area contributed by atoms with Gasteiger partial charge in [0.05, 0.1) is 11.1 Å². The van der Waals surface area contributed by atoms with Crippen LogP contribution in [0.4, 0.5) is 11.4 Å². The highest BCUT2D eigenvalue weighted by molar-refractivity contribution is 5.93. The first-order valence-corrected chi connectivity index (χ1v) is 8.78. The Morgan fingerprint density at radius 2 is 1.81 bits per heavy atom. The number of amides is 1. The molecular formula is C19H21N3O4. The molecule has 0 bridgehead atoms. The monoisotopic (exact) mass is 355 g/mol. The Balaban J connectivity index is 1.89. The maximum Gasteiger partial charge on any atom is 0.285 e. The van der Waals surface area contributed by atoms with Crippen molar-refractivity contribution in [3.63, 3.8) is 0 Å². The third-order valence-corrected chi connectivity index (χ3v) is 4.73. The molecule has 1 fully saturated rings. The van der Waals surface area contributed by atoms with E-state index in [-0.39, 0.29) is 24.2 Å². The van der Waals surface area contributed by atoms with Gasteiger partial charge in [0.1, 0.15) is 6.54 Å². The van der Waals surface area contributed by atoms with E-state index in [2.05, 4.69) is 0 Å². The van der Waals surface area contributed by atoms with Crippen LogP contribution >= 0.6 is 0 Å². The molecule has 0 radical (unpaired) electrons. The number of hydrogen-bond donors (Lipinski definition) is 0. The molecule has 0 unspecified atom stereocenters. The van der Waals surface area contributed by atoms with Crippen molar-refractivity contribution in [3.05, 3.63) is 69.1 Å². The van der Waals surface area contributed by atoms with Crippen LogP contribution in [-0.2, 0) is 11.3 Å². The summed E-state index contributed by atoms with van der Waals surface area (Å²) in [6.07, 6.45) is 6.27. The van der Waals surface area contributed by atoms with Crippen molar-refractivity contribution >= 4 is 17.3 Å². The molecule has 3 rings (SSSR count). The molecule has 136 valence electrons. The molecule has 2 aromatic rings. The number of nitrogens with zero attached hydrogens (tertiary/aromatic N) is 3. The lowest BCUT2D eigenvalue weighted by atomic mass is 9.93. The van der Waals surface area contributed by atoms with E-state index in [0.717, 1.165) is 60.7 Å². The molecule has 7 nitrogen and oxygen atoms in total. The van der Waals surface area contributed by atoms with Crippen LogP contribution in [0.1, 0.15) is 32.1 Å². The maximum atomic E-state index is 13.0. The topological polar surface area (TPSA) is 85.5 Å². The third kappa shape index (κ3) is 3.99. The van der Waals surface area contributed by atoms with Crippen LogP contribution in [0.15, 0.2) is 53.5 Å². The Morgan fingerprint density at radius 3 is 2.46 bits per heavy atom. The van der Waals surface area contributed by atoms with E-state index in [1.54, 1.807) is 4.90 Å². The zero-order valence-corrected chi connectivity index (χ0v) is 14.4. The molecule has 1 aromatic heterocycles. The molecule has 26 heavy (non-hydrogen) atoms. The summed E-state index contributed by atoms with van der Waals surface area (Å²) in [6.45, 7) is -0.216. The number of benzene rings is 1.